The smallest absolute Gasteiger partial charge is 0.356 e. The minimum atomic E-state index is -5.69. The third-order valence-corrected chi connectivity index (χ3v) is 6.86. The number of hydrogen-bond donors (Lipinski definition) is 1. The normalized spacial score (nSPS) is 11.7. The average Bonchev–Trinajstić information content (AvgIpc) is 2.71. The van der Waals surface area contributed by atoms with Crippen molar-refractivity contribution in [2.24, 2.45) is 0 Å². The molecule has 0 aliphatic carbocycles. The predicted molar refractivity (Wildman–Crippen MR) is 108 cm³/mol. The van der Waals surface area contributed by atoms with Crippen LogP contribution in [-0.4, -0.2) is 29.9 Å². The molecule has 0 amide bonds. The number of benzene rings is 3. The highest BCUT2D eigenvalue weighted by Crippen LogP contribution is 2.30. The molecule has 0 aliphatic heterocycles. The van der Waals surface area contributed by atoms with Crippen LogP contribution < -0.4 is 0 Å². The van der Waals surface area contributed by atoms with Gasteiger partial charge in [-0.2, -0.15) is 8.78 Å². The van der Waals surface area contributed by atoms with E-state index in [0.29, 0.717) is 0 Å². The van der Waals surface area contributed by atoms with Gasteiger partial charge in [-0.05, 0) is 43.3 Å². The molecule has 3 aromatic carbocycles. The van der Waals surface area contributed by atoms with Gasteiger partial charge in [0.1, 0.15) is 6.61 Å². The van der Waals surface area contributed by atoms with E-state index in [2.05, 4.69) is 91.9 Å². The Kier molecular flexibility index (Phi) is 7.92. The molecule has 1 N–H and O–H groups in total. The number of aliphatic hydroxyl groups excluding tert-OH is 1. The lowest BCUT2D eigenvalue weighted by Gasteiger charge is -2.16. The minimum Gasteiger partial charge on any atom is -0.743 e. The van der Waals surface area contributed by atoms with Gasteiger partial charge >= 0.3 is 5.25 Å². The summed E-state index contributed by atoms with van der Waals surface area (Å²) >= 11 is 0. The number of rotatable bonds is 5. The monoisotopic (exact) mass is 438 g/mol. The summed E-state index contributed by atoms with van der Waals surface area (Å²) in [5.41, 5.74) is 1.30. The van der Waals surface area contributed by atoms with Crippen LogP contribution >= 0.6 is 0 Å². The highest BCUT2D eigenvalue weighted by Gasteiger charge is 2.36. The van der Waals surface area contributed by atoms with E-state index in [-0.39, 0.29) is 10.9 Å². The largest absolute Gasteiger partial charge is 0.743 e. The van der Waals surface area contributed by atoms with Crippen molar-refractivity contribution in [3.63, 3.8) is 0 Å². The maximum absolute atomic E-state index is 11.5. The van der Waals surface area contributed by atoms with Crippen LogP contribution in [0.2, 0.25) is 0 Å². The van der Waals surface area contributed by atoms with E-state index >= 15 is 0 Å². The number of aryl methyl sites for hydroxylation is 1. The van der Waals surface area contributed by atoms with Crippen LogP contribution in [-0.2, 0) is 21.0 Å². The van der Waals surface area contributed by atoms with Gasteiger partial charge in [-0.15, -0.1) is 0 Å². The molecule has 154 valence electrons. The maximum atomic E-state index is 11.5. The second-order valence-electron chi connectivity index (χ2n) is 5.99. The Bertz CT molecular complexity index is 954. The van der Waals surface area contributed by atoms with Gasteiger partial charge in [0, 0.05) is 0 Å². The summed E-state index contributed by atoms with van der Waals surface area (Å²) in [6.07, 6.45) is 0. The summed E-state index contributed by atoms with van der Waals surface area (Å²) in [6.45, 7) is 0.158. The van der Waals surface area contributed by atoms with Crippen molar-refractivity contribution in [3.8, 4) is 0 Å². The van der Waals surface area contributed by atoms with Crippen molar-refractivity contribution < 1.29 is 26.9 Å². The lowest BCUT2D eigenvalue weighted by atomic mass is 10.2. The standard InChI is InChI=1S/C19H17S.C2H4F2O4S/c1-16-12-14-19(15-13-16)20(17-8-4-2-5-9-17)18-10-6-3-7-11-18;3-2(4,1-5)9(6,7)8/h2-15H,1H3;5H,1H2,(H,6,7,8)/q+1;/p-1. The Balaban J connectivity index is 0.000000284. The van der Waals surface area contributed by atoms with Crippen LogP contribution in [0, 0.1) is 6.92 Å². The van der Waals surface area contributed by atoms with Gasteiger partial charge in [0.2, 0.25) is 0 Å². The van der Waals surface area contributed by atoms with Crippen molar-refractivity contribution in [3.05, 3.63) is 90.5 Å². The van der Waals surface area contributed by atoms with E-state index in [9.17, 15) is 21.8 Å². The fraction of sp³-hybridized carbons (Fsp3) is 0.143. The molecule has 0 bridgehead atoms. The van der Waals surface area contributed by atoms with Crippen LogP contribution in [0.5, 0.6) is 0 Å². The molecular weight excluding hydrogens is 418 g/mol. The Hall–Kier alpha value is -2.26. The molecule has 3 aromatic rings. The molecule has 0 aromatic heterocycles. The Morgan fingerprint density at radius 2 is 1.21 bits per heavy atom. The van der Waals surface area contributed by atoms with Crippen molar-refractivity contribution in [1.82, 2.24) is 0 Å². The summed E-state index contributed by atoms with van der Waals surface area (Å²) in [4.78, 5) is 4.10. The van der Waals surface area contributed by atoms with E-state index in [1.165, 1.54) is 20.2 Å². The summed E-state index contributed by atoms with van der Waals surface area (Å²) < 4.78 is 51.3. The fourth-order valence-corrected chi connectivity index (χ4v) is 4.52. The number of aliphatic hydroxyl groups is 1. The van der Waals surface area contributed by atoms with Crippen molar-refractivity contribution in [2.75, 3.05) is 6.61 Å². The van der Waals surface area contributed by atoms with E-state index in [1.54, 1.807) is 0 Å². The van der Waals surface area contributed by atoms with Crippen LogP contribution in [0.25, 0.3) is 0 Å². The van der Waals surface area contributed by atoms with Gasteiger partial charge in [-0.1, -0.05) is 54.1 Å². The van der Waals surface area contributed by atoms with E-state index in [1.807, 2.05) is 0 Å². The van der Waals surface area contributed by atoms with Crippen molar-refractivity contribution in [1.29, 1.82) is 0 Å². The second kappa shape index (κ2) is 9.98. The maximum Gasteiger partial charge on any atom is 0.356 e. The molecule has 29 heavy (non-hydrogen) atoms. The molecule has 0 saturated heterocycles. The summed E-state index contributed by atoms with van der Waals surface area (Å²) in [6, 6.07) is 30.4. The van der Waals surface area contributed by atoms with Gasteiger partial charge in [-0.3, -0.25) is 0 Å². The zero-order valence-corrected chi connectivity index (χ0v) is 17.2. The molecule has 0 saturated carbocycles. The third-order valence-electron chi connectivity index (χ3n) is 3.76. The minimum absolute atomic E-state index is 0.0229. The van der Waals surface area contributed by atoms with Gasteiger partial charge in [0.25, 0.3) is 0 Å². The first-order chi connectivity index (χ1) is 13.7. The van der Waals surface area contributed by atoms with Crippen LogP contribution in [0.1, 0.15) is 5.56 Å². The number of hydrogen-bond acceptors (Lipinski definition) is 4. The lowest BCUT2D eigenvalue weighted by molar-refractivity contribution is 0.0179. The van der Waals surface area contributed by atoms with Gasteiger partial charge in [-0.25, -0.2) is 8.42 Å². The Labute approximate surface area is 171 Å². The summed E-state index contributed by atoms with van der Waals surface area (Å²) in [5, 5.41) is 3.05. The second-order valence-corrected chi connectivity index (χ2v) is 9.53. The summed E-state index contributed by atoms with van der Waals surface area (Å²) in [5.74, 6) is 0. The molecule has 0 radical (unpaired) electrons. The molecule has 0 unspecified atom stereocenters. The first-order valence-electron chi connectivity index (χ1n) is 8.51. The van der Waals surface area contributed by atoms with E-state index < -0.39 is 22.0 Å². The average molecular weight is 439 g/mol. The first-order valence-corrected chi connectivity index (χ1v) is 11.1. The first kappa shape index (κ1) is 23.0. The molecule has 3 rings (SSSR count). The van der Waals surface area contributed by atoms with Crippen LogP contribution in [0.15, 0.2) is 99.6 Å². The topological polar surface area (TPSA) is 77.4 Å². The molecule has 8 heteroatoms. The predicted octanol–water partition coefficient (Wildman–Crippen LogP) is 4.21. The number of halogens is 2. The molecule has 0 heterocycles. The van der Waals surface area contributed by atoms with Gasteiger partial charge in [0.05, 0.1) is 10.9 Å². The van der Waals surface area contributed by atoms with Crippen molar-refractivity contribution >= 4 is 21.0 Å². The fourth-order valence-electron chi connectivity index (χ4n) is 2.27. The molecule has 0 aliphatic rings. The van der Waals surface area contributed by atoms with E-state index in [4.69, 9.17) is 5.11 Å². The lowest BCUT2D eigenvalue weighted by Crippen LogP contribution is -2.32. The molecule has 0 spiro atoms. The molecule has 4 nitrogen and oxygen atoms in total. The zero-order chi connectivity index (χ0) is 21.5. The SMILES string of the molecule is Cc1ccc([S+](c2ccccc2)c2ccccc2)cc1.O=S(=O)([O-])C(F)(F)CO. The Morgan fingerprint density at radius 3 is 1.52 bits per heavy atom. The molecule has 0 fully saturated rings. The van der Waals surface area contributed by atoms with Crippen LogP contribution in [0.4, 0.5) is 8.78 Å². The number of alkyl halides is 2. The zero-order valence-electron chi connectivity index (χ0n) is 15.5. The highest BCUT2D eigenvalue weighted by atomic mass is 32.2. The molecule has 0 atom stereocenters. The molecular formula is C21H20F2O4S2. The van der Waals surface area contributed by atoms with Crippen LogP contribution in [0.3, 0.4) is 0 Å². The van der Waals surface area contributed by atoms with Gasteiger partial charge < -0.3 is 9.66 Å². The Morgan fingerprint density at radius 1 is 0.828 bits per heavy atom. The summed E-state index contributed by atoms with van der Waals surface area (Å²) in [7, 11) is -5.71. The van der Waals surface area contributed by atoms with Crippen molar-refractivity contribution in [2.45, 2.75) is 26.9 Å². The van der Waals surface area contributed by atoms with Gasteiger partial charge in [0.15, 0.2) is 24.8 Å². The van der Waals surface area contributed by atoms with E-state index in [0.717, 1.165) is 0 Å². The third kappa shape index (κ3) is 6.37. The quantitative estimate of drug-likeness (QED) is 0.478. The highest BCUT2D eigenvalue weighted by molar-refractivity contribution is 7.97.